The lowest BCUT2D eigenvalue weighted by molar-refractivity contribution is -0.119. The van der Waals surface area contributed by atoms with Crippen molar-refractivity contribution in [1.82, 2.24) is 5.32 Å². The zero-order chi connectivity index (χ0) is 11.7. The van der Waals surface area contributed by atoms with Crippen LogP contribution >= 0.6 is 28.1 Å². The van der Waals surface area contributed by atoms with Gasteiger partial charge in [-0.3, -0.25) is 9.69 Å². The molecule has 1 atom stereocenters. The highest BCUT2D eigenvalue weighted by atomic mass is 79.9. The van der Waals surface area contributed by atoms with Crippen molar-refractivity contribution in [2.45, 2.75) is 6.04 Å². The highest BCUT2D eigenvalue weighted by Crippen LogP contribution is 2.21. The van der Waals surface area contributed by atoms with Crippen LogP contribution in [0.3, 0.4) is 0 Å². The second kappa shape index (κ2) is 4.48. The number of rotatable bonds is 2. The van der Waals surface area contributed by atoms with Crippen molar-refractivity contribution < 1.29 is 9.90 Å². The first-order valence-electron chi connectivity index (χ1n) is 4.64. The minimum absolute atomic E-state index is 0.227. The summed E-state index contributed by atoms with van der Waals surface area (Å²) >= 11 is 8.36. The lowest BCUT2D eigenvalue weighted by Gasteiger charge is -2.14. The average Bonchev–Trinajstić information content (AvgIpc) is 2.56. The summed E-state index contributed by atoms with van der Waals surface area (Å²) in [7, 11) is 0. The Labute approximate surface area is 106 Å². The van der Waals surface area contributed by atoms with Gasteiger partial charge in [0.25, 0.3) is 5.91 Å². The van der Waals surface area contributed by atoms with Gasteiger partial charge in [-0.1, -0.05) is 15.9 Å². The van der Waals surface area contributed by atoms with Gasteiger partial charge in [0.05, 0.1) is 12.3 Å². The van der Waals surface area contributed by atoms with Crippen molar-refractivity contribution in [3.05, 3.63) is 28.7 Å². The van der Waals surface area contributed by atoms with E-state index in [0.717, 1.165) is 4.47 Å². The maximum absolute atomic E-state index is 11.8. The summed E-state index contributed by atoms with van der Waals surface area (Å²) in [5, 5.41) is 12.1. The topological polar surface area (TPSA) is 52.6 Å². The molecule has 6 heteroatoms. The van der Waals surface area contributed by atoms with Gasteiger partial charge < -0.3 is 10.4 Å². The molecule has 1 aliphatic heterocycles. The minimum Gasteiger partial charge on any atom is -0.394 e. The van der Waals surface area contributed by atoms with Crippen LogP contribution in [0.4, 0.5) is 5.69 Å². The second-order valence-corrected chi connectivity index (χ2v) is 4.64. The number of aliphatic hydroxyl groups excluding tert-OH is 1. The molecule has 0 unspecified atom stereocenters. The number of carbonyl (C=O) groups is 1. The fraction of sp³-hybridized carbons (Fsp3) is 0.200. The number of nitrogens with one attached hydrogen (secondary N) is 1. The predicted octanol–water partition coefficient (Wildman–Crippen LogP) is 1.03. The quantitative estimate of drug-likeness (QED) is 0.801. The Morgan fingerprint density at radius 2 is 2.06 bits per heavy atom. The van der Waals surface area contributed by atoms with Gasteiger partial charge in [0.1, 0.15) is 6.04 Å². The smallest absolute Gasteiger partial charge is 0.258 e. The Hall–Kier alpha value is -0.980. The number of amides is 1. The van der Waals surface area contributed by atoms with Crippen LogP contribution in [0.25, 0.3) is 0 Å². The number of aliphatic hydroxyl groups is 1. The molecule has 0 radical (unpaired) electrons. The van der Waals surface area contributed by atoms with E-state index >= 15 is 0 Å². The zero-order valence-electron chi connectivity index (χ0n) is 8.18. The first kappa shape index (κ1) is 11.5. The number of thiocarbonyl (C=S) groups is 1. The molecule has 0 saturated carbocycles. The van der Waals surface area contributed by atoms with Gasteiger partial charge in [0.15, 0.2) is 5.11 Å². The average molecular weight is 301 g/mol. The number of benzene rings is 1. The molecular weight excluding hydrogens is 292 g/mol. The molecule has 1 aliphatic rings. The van der Waals surface area contributed by atoms with Crippen LogP contribution in [-0.2, 0) is 4.79 Å². The van der Waals surface area contributed by atoms with Crippen molar-refractivity contribution >= 4 is 44.9 Å². The Morgan fingerprint density at radius 1 is 1.44 bits per heavy atom. The Bertz CT molecular complexity index is 435. The fourth-order valence-corrected chi connectivity index (χ4v) is 2.09. The number of anilines is 1. The number of hydrogen-bond donors (Lipinski definition) is 2. The zero-order valence-corrected chi connectivity index (χ0v) is 10.6. The highest BCUT2D eigenvalue weighted by Gasteiger charge is 2.35. The lowest BCUT2D eigenvalue weighted by atomic mass is 10.2. The molecule has 1 amide bonds. The first-order valence-corrected chi connectivity index (χ1v) is 5.84. The predicted molar refractivity (Wildman–Crippen MR) is 68.2 cm³/mol. The van der Waals surface area contributed by atoms with Crippen molar-refractivity contribution in [1.29, 1.82) is 0 Å². The molecule has 0 spiro atoms. The monoisotopic (exact) mass is 300 g/mol. The van der Waals surface area contributed by atoms with E-state index in [9.17, 15) is 4.79 Å². The largest absolute Gasteiger partial charge is 0.394 e. The molecule has 1 heterocycles. The Morgan fingerprint density at radius 3 is 2.56 bits per heavy atom. The van der Waals surface area contributed by atoms with E-state index in [-0.39, 0.29) is 12.5 Å². The SMILES string of the molecule is O=C1[C@H](CO)NC(=S)N1c1ccc(Br)cc1. The van der Waals surface area contributed by atoms with Crippen LogP contribution in [0.15, 0.2) is 28.7 Å². The van der Waals surface area contributed by atoms with Gasteiger partial charge >= 0.3 is 0 Å². The standard InChI is InChI=1S/C10H9BrN2O2S/c11-6-1-3-7(4-2-6)13-9(15)8(5-14)12-10(13)16/h1-4,8,14H,5H2,(H,12,16)/t8-/m0/s1. The van der Waals surface area contributed by atoms with E-state index in [1.807, 2.05) is 12.1 Å². The van der Waals surface area contributed by atoms with Gasteiger partial charge in [-0.15, -0.1) is 0 Å². The van der Waals surface area contributed by atoms with Gasteiger partial charge in [-0.2, -0.15) is 0 Å². The van der Waals surface area contributed by atoms with Crippen LogP contribution in [0.5, 0.6) is 0 Å². The lowest BCUT2D eigenvalue weighted by Crippen LogP contribution is -2.33. The van der Waals surface area contributed by atoms with Crippen LogP contribution < -0.4 is 10.2 Å². The van der Waals surface area contributed by atoms with Gasteiger partial charge in [-0.25, -0.2) is 0 Å². The Balaban J connectivity index is 2.31. The number of halogens is 1. The van der Waals surface area contributed by atoms with Crippen molar-refractivity contribution in [2.24, 2.45) is 0 Å². The fourth-order valence-electron chi connectivity index (χ4n) is 1.49. The van der Waals surface area contributed by atoms with Crippen LogP contribution in [0.2, 0.25) is 0 Å². The summed E-state index contributed by atoms with van der Waals surface area (Å²) in [5.41, 5.74) is 0.696. The van der Waals surface area contributed by atoms with E-state index < -0.39 is 6.04 Å². The molecule has 84 valence electrons. The molecule has 4 nitrogen and oxygen atoms in total. The van der Waals surface area contributed by atoms with E-state index in [1.165, 1.54) is 4.90 Å². The molecule has 1 saturated heterocycles. The first-order chi connectivity index (χ1) is 7.63. The van der Waals surface area contributed by atoms with E-state index in [4.69, 9.17) is 17.3 Å². The van der Waals surface area contributed by atoms with Gasteiger partial charge in [0, 0.05) is 4.47 Å². The second-order valence-electron chi connectivity index (χ2n) is 3.33. The van der Waals surface area contributed by atoms with Crippen LogP contribution in [-0.4, -0.2) is 28.8 Å². The molecule has 1 aromatic carbocycles. The molecular formula is C10H9BrN2O2S. The number of carbonyl (C=O) groups excluding carboxylic acids is 1. The third-order valence-electron chi connectivity index (χ3n) is 2.29. The third-order valence-corrected chi connectivity index (χ3v) is 3.12. The van der Waals surface area contributed by atoms with Crippen LogP contribution in [0.1, 0.15) is 0 Å². The summed E-state index contributed by atoms with van der Waals surface area (Å²) in [6.07, 6.45) is 0. The maximum Gasteiger partial charge on any atom is 0.258 e. The normalized spacial score (nSPS) is 20.1. The molecule has 16 heavy (non-hydrogen) atoms. The maximum atomic E-state index is 11.8. The Kier molecular flexibility index (Phi) is 3.22. The van der Waals surface area contributed by atoms with Crippen molar-refractivity contribution in [3.63, 3.8) is 0 Å². The third kappa shape index (κ3) is 1.95. The van der Waals surface area contributed by atoms with Gasteiger partial charge in [-0.05, 0) is 36.5 Å². The molecule has 1 fully saturated rings. The minimum atomic E-state index is -0.629. The molecule has 2 N–H and O–H groups in total. The van der Waals surface area contributed by atoms with E-state index in [1.54, 1.807) is 12.1 Å². The van der Waals surface area contributed by atoms with Crippen molar-refractivity contribution in [3.8, 4) is 0 Å². The summed E-state index contributed by atoms with van der Waals surface area (Å²) < 4.78 is 0.931. The summed E-state index contributed by atoms with van der Waals surface area (Å²) in [4.78, 5) is 13.2. The van der Waals surface area contributed by atoms with Crippen LogP contribution in [0, 0.1) is 0 Å². The molecule has 0 bridgehead atoms. The molecule has 0 aromatic heterocycles. The van der Waals surface area contributed by atoms with E-state index in [0.29, 0.717) is 10.8 Å². The van der Waals surface area contributed by atoms with Crippen molar-refractivity contribution in [2.75, 3.05) is 11.5 Å². The molecule has 1 aromatic rings. The molecule has 0 aliphatic carbocycles. The summed E-state index contributed by atoms with van der Waals surface area (Å²) in [5.74, 6) is -0.227. The molecule has 2 rings (SSSR count). The van der Waals surface area contributed by atoms with Gasteiger partial charge in [0.2, 0.25) is 0 Å². The number of hydrogen-bond acceptors (Lipinski definition) is 3. The summed E-state index contributed by atoms with van der Waals surface area (Å²) in [6.45, 7) is -0.258. The summed E-state index contributed by atoms with van der Waals surface area (Å²) in [6, 6.07) is 6.61. The highest BCUT2D eigenvalue weighted by molar-refractivity contribution is 9.10. The number of nitrogens with zero attached hydrogens (tertiary/aromatic N) is 1. The van der Waals surface area contributed by atoms with E-state index in [2.05, 4.69) is 21.2 Å².